The Balaban J connectivity index is 2.59. The quantitative estimate of drug-likeness (QED) is 0.721. The number of anilines is 1. The predicted octanol–water partition coefficient (Wildman–Crippen LogP) is 3.69. The average molecular weight is 215 g/mol. The van der Waals surface area contributed by atoms with Crippen LogP contribution in [0, 0.1) is 19.7 Å². The van der Waals surface area contributed by atoms with Crippen molar-refractivity contribution in [1.29, 1.82) is 0 Å². The summed E-state index contributed by atoms with van der Waals surface area (Å²) in [5.41, 5.74) is 10.7. The van der Waals surface area contributed by atoms with Gasteiger partial charge in [0.05, 0.1) is 0 Å². The highest BCUT2D eigenvalue weighted by molar-refractivity contribution is 5.78. The van der Waals surface area contributed by atoms with E-state index in [2.05, 4.69) is 0 Å². The predicted molar refractivity (Wildman–Crippen MR) is 65.7 cm³/mol. The summed E-state index contributed by atoms with van der Waals surface area (Å²) in [6.45, 7) is 3.88. The lowest BCUT2D eigenvalue weighted by atomic mass is 9.98. The van der Waals surface area contributed by atoms with Crippen LogP contribution in [-0.2, 0) is 0 Å². The molecule has 0 spiro atoms. The first-order chi connectivity index (χ1) is 7.58. The van der Waals surface area contributed by atoms with E-state index >= 15 is 0 Å². The Kier molecular flexibility index (Phi) is 2.65. The van der Waals surface area contributed by atoms with Crippen molar-refractivity contribution >= 4 is 5.69 Å². The molecule has 0 atom stereocenters. The molecule has 0 unspecified atom stereocenters. The topological polar surface area (TPSA) is 26.0 Å². The van der Waals surface area contributed by atoms with Crippen molar-refractivity contribution in [3.63, 3.8) is 0 Å². The summed E-state index contributed by atoms with van der Waals surface area (Å²) in [5, 5.41) is 0. The number of nitrogens with two attached hydrogens (primary N) is 1. The molecule has 0 fully saturated rings. The summed E-state index contributed by atoms with van der Waals surface area (Å²) in [6, 6.07) is 10.7. The minimum atomic E-state index is -0.216. The van der Waals surface area contributed by atoms with Crippen LogP contribution < -0.4 is 5.73 Å². The summed E-state index contributed by atoms with van der Waals surface area (Å²) < 4.78 is 13.0. The third-order valence-corrected chi connectivity index (χ3v) is 2.69. The van der Waals surface area contributed by atoms with Crippen molar-refractivity contribution in [2.75, 3.05) is 5.73 Å². The van der Waals surface area contributed by atoms with E-state index in [4.69, 9.17) is 5.73 Å². The molecule has 0 aromatic heterocycles. The molecule has 0 aliphatic heterocycles. The van der Waals surface area contributed by atoms with Crippen LogP contribution in [0.1, 0.15) is 11.1 Å². The van der Waals surface area contributed by atoms with Gasteiger partial charge in [-0.15, -0.1) is 0 Å². The normalized spacial score (nSPS) is 10.4. The summed E-state index contributed by atoms with van der Waals surface area (Å²) in [6.07, 6.45) is 0. The fourth-order valence-electron chi connectivity index (χ4n) is 1.86. The van der Waals surface area contributed by atoms with Crippen LogP contribution in [-0.4, -0.2) is 0 Å². The second-order valence-corrected chi connectivity index (χ2v) is 4.05. The zero-order valence-corrected chi connectivity index (χ0v) is 9.42. The van der Waals surface area contributed by atoms with Crippen molar-refractivity contribution in [2.45, 2.75) is 13.8 Å². The Labute approximate surface area is 94.7 Å². The highest BCUT2D eigenvalue weighted by Gasteiger charge is 2.06. The highest BCUT2D eigenvalue weighted by atomic mass is 19.1. The lowest BCUT2D eigenvalue weighted by molar-refractivity contribution is 0.627. The van der Waals surface area contributed by atoms with Crippen LogP contribution in [0.4, 0.5) is 10.1 Å². The van der Waals surface area contributed by atoms with Gasteiger partial charge in [-0.3, -0.25) is 0 Å². The molecule has 2 N–H and O–H groups in total. The average Bonchev–Trinajstić information content (AvgIpc) is 2.19. The van der Waals surface area contributed by atoms with Gasteiger partial charge in [-0.05, 0) is 48.7 Å². The maximum absolute atomic E-state index is 13.0. The van der Waals surface area contributed by atoms with Gasteiger partial charge in [0, 0.05) is 11.3 Å². The first-order valence-corrected chi connectivity index (χ1v) is 5.20. The fraction of sp³-hybridized carbons (Fsp3) is 0.143. The SMILES string of the molecule is Cc1ccc(-c2ccc(F)cc2C)c(N)c1. The largest absolute Gasteiger partial charge is 0.398 e. The molecule has 2 aromatic carbocycles. The third-order valence-electron chi connectivity index (χ3n) is 2.69. The number of nitrogen functional groups attached to an aromatic ring is 1. The molecule has 0 radical (unpaired) electrons. The third kappa shape index (κ3) is 1.91. The van der Waals surface area contributed by atoms with Crippen molar-refractivity contribution in [1.82, 2.24) is 0 Å². The van der Waals surface area contributed by atoms with Crippen LogP contribution in [0.2, 0.25) is 0 Å². The summed E-state index contributed by atoms with van der Waals surface area (Å²) >= 11 is 0. The molecule has 1 nitrogen and oxygen atoms in total. The molecule has 0 saturated carbocycles. The number of benzene rings is 2. The van der Waals surface area contributed by atoms with E-state index in [-0.39, 0.29) is 5.82 Å². The maximum Gasteiger partial charge on any atom is 0.123 e. The molecule has 0 amide bonds. The Bertz CT molecular complexity index is 483. The summed E-state index contributed by atoms with van der Waals surface area (Å²) in [4.78, 5) is 0. The molecule has 2 heteroatoms. The number of halogens is 1. The summed E-state index contributed by atoms with van der Waals surface area (Å²) in [5.74, 6) is -0.216. The lowest BCUT2D eigenvalue weighted by Gasteiger charge is -2.09. The van der Waals surface area contributed by atoms with Gasteiger partial charge in [-0.2, -0.15) is 0 Å². The van der Waals surface area contributed by atoms with Gasteiger partial charge in [0.15, 0.2) is 0 Å². The minimum absolute atomic E-state index is 0.216. The number of hydrogen-bond acceptors (Lipinski definition) is 1. The Hall–Kier alpha value is -1.83. The van der Waals surface area contributed by atoms with Crippen molar-refractivity contribution in [3.8, 4) is 11.1 Å². The van der Waals surface area contributed by atoms with Crippen LogP contribution in [0.15, 0.2) is 36.4 Å². The van der Waals surface area contributed by atoms with Crippen LogP contribution in [0.3, 0.4) is 0 Å². The van der Waals surface area contributed by atoms with E-state index in [0.717, 1.165) is 27.9 Å². The standard InChI is InChI=1S/C14H14FN/c1-9-3-5-13(14(16)7-9)12-6-4-11(15)8-10(12)2/h3-8H,16H2,1-2H3. The number of rotatable bonds is 1. The van der Waals surface area contributed by atoms with Crippen LogP contribution in [0.25, 0.3) is 11.1 Å². The molecule has 2 aromatic rings. The van der Waals surface area contributed by atoms with E-state index in [1.165, 1.54) is 12.1 Å². The Morgan fingerprint density at radius 1 is 0.938 bits per heavy atom. The van der Waals surface area contributed by atoms with Crippen LogP contribution >= 0.6 is 0 Å². The minimum Gasteiger partial charge on any atom is -0.398 e. The van der Waals surface area contributed by atoms with Gasteiger partial charge < -0.3 is 5.73 Å². The zero-order valence-electron chi connectivity index (χ0n) is 9.42. The molecule has 0 bridgehead atoms. The smallest absolute Gasteiger partial charge is 0.123 e. The molecule has 2 rings (SSSR count). The van der Waals surface area contributed by atoms with Crippen molar-refractivity contribution in [2.24, 2.45) is 0 Å². The van der Waals surface area contributed by atoms with Gasteiger partial charge >= 0.3 is 0 Å². The second-order valence-electron chi connectivity index (χ2n) is 4.05. The second kappa shape index (κ2) is 3.97. The molecule has 0 aliphatic carbocycles. The zero-order chi connectivity index (χ0) is 11.7. The molecule has 0 aliphatic rings. The number of hydrogen-bond donors (Lipinski definition) is 1. The fourth-order valence-corrected chi connectivity index (χ4v) is 1.86. The first-order valence-electron chi connectivity index (χ1n) is 5.20. The van der Waals surface area contributed by atoms with Crippen molar-refractivity contribution < 1.29 is 4.39 Å². The molecule has 16 heavy (non-hydrogen) atoms. The van der Waals surface area contributed by atoms with Crippen LogP contribution in [0.5, 0.6) is 0 Å². The van der Waals surface area contributed by atoms with E-state index in [1.807, 2.05) is 32.0 Å². The van der Waals surface area contributed by atoms with E-state index < -0.39 is 0 Å². The molecular formula is C14H14FN. The number of aryl methyl sites for hydroxylation is 2. The van der Waals surface area contributed by atoms with Gasteiger partial charge in [0.1, 0.15) is 5.82 Å². The van der Waals surface area contributed by atoms with E-state index in [9.17, 15) is 4.39 Å². The maximum atomic E-state index is 13.0. The monoisotopic (exact) mass is 215 g/mol. The van der Waals surface area contributed by atoms with Crippen molar-refractivity contribution in [3.05, 3.63) is 53.3 Å². The lowest BCUT2D eigenvalue weighted by Crippen LogP contribution is -1.93. The van der Waals surface area contributed by atoms with Gasteiger partial charge in [0.25, 0.3) is 0 Å². The molecule has 0 saturated heterocycles. The first kappa shape index (κ1) is 10.7. The molecular weight excluding hydrogens is 201 g/mol. The van der Waals surface area contributed by atoms with Gasteiger partial charge in [-0.25, -0.2) is 4.39 Å². The Morgan fingerprint density at radius 3 is 2.25 bits per heavy atom. The Morgan fingerprint density at radius 2 is 1.62 bits per heavy atom. The van der Waals surface area contributed by atoms with Gasteiger partial charge in [0.2, 0.25) is 0 Å². The van der Waals surface area contributed by atoms with Gasteiger partial charge in [-0.1, -0.05) is 18.2 Å². The van der Waals surface area contributed by atoms with E-state index in [0.29, 0.717) is 0 Å². The molecule has 82 valence electrons. The molecule has 0 heterocycles. The highest BCUT2D eigenvalue weighted by Crippen LogP contribution is 2.29. The summed E-state index contributed by atoms with van der Waals surface area (Å²) in [7, 11) is 0. The van der Waals surface area contributed by atoms with E-state index in [1.54, 1.807) is 6.07 Å².